The molecule has 230 valence electrons. The fraction of sp³-hybridized carbons (Fsp3) is 0.303. The second-order valence-electron chi connectivity index (χ2n) is 10.4. The number of piperidine rings is 1. The van der Waals surface area contributed by atoms with E-state index in [0.29, 0.717) is 51.9 Å². The molecule has 1 saturated heterocycles. The smallest absolute Gasteiger partial charge is 0.248 e. The summed E-state index contributed by atoms with van der Waals surface area (Å²) in [6.07, 6.45) is 8.51. The highest BCUT2D eigenvalue weighted by Crippen LogP contribution is 2.38. The SMILES string of the molecule is COc1cc2ncnc(N(Cc3ccc(OC)c(OC)c3)c3ccc(F)c(Cl)c3)c2cc1NC(=O)C=CCN1CCCCC1. The Kier molecular flexibility index (Phi) is 10.1. The summed E-state index contributed by atoms with van der Waals surface area (Å²) in [7, 11) is 4.69. The number of aromatic nitrogens is 2. The van der Waals surface area contributed by atoms with Gasteiger partial charge in [0.15, 0.2) is 11.5 Å². The molecule has 1 aromatic heterocycles. The van der Waals surface area contributed by atoms with Crippen LogP contribution < -0.4 is 24.4 Å². The molecular weight excluding hydrogens is 585 g/mol. The van der Waals surface area contributed by atoms with Crippen molar-refractivity contribution in [2.75, 3.05) is 51.2 Å². The number of benzene rings is 3. The van der Waals surface area contributed by atoms with E-state index in [-0.39, 0.29) is 10.9 Å². The molecular formula is C33H35ClFN5O4. The summed E-state index contributed by atoms with van der Waals surface area (Å²) >= 11 is 6.22. The van der Waals surface area contributed by atoms with E-state index in [0.717, 1.165) is 25.2 Å². The molecule has 4 aromatic rings. The van der Waals surface area contributed by atoms with Crippen molar-refractivity contribution >= 4 is 45.6 Å². The first-order valence-corrected chi connectivity index (χ1v) is 14.7. The molecule has 0 bridgehead atoms. The lowest BCUT2D eigenvalue weighted by molar-refractivity contribution is -0.111. The second kappa shape index (κ2) is 14.4. The molecule has 3 aromatic carbocycles. The molecule has 0 radical (unpaired) electrons. The lowest BCUT2D eigenvalue weighted by Crippen LogP contribution is -2.29. The number of ether oxygens (including phenoxy) is 3. The molecule has 1 amide bonds. The molecule has 1 fully saturated rings. The number of rotatable bonds is 11. The van der Waals surface area contributed by atoms with Crippen molar-refractivity contribution in [3.05, 3.63) is 83.4 Å². The minimum absolute atomic E-state index is 0.0239. The minimum Gasteiger partial charge on any atom is -0.494 e. The van der Waals surface area contributed by atoms with Crippen LogP contribution in [0.15, 0.2) is 67.0 Å². The highest BCUT2D eigenvalue weighted by atomic mass is 35.5. The van der Waals surface area contributed by atoms with Crippen LogP contribution in [0.5, 0.6) is 17.2 Å². The van der Waals surface area contributed by atoms with Gasteiger partial charge in [0.25, 0.3) is 0 Å². The fourth-order valence-electron chi connectivity index (χ4n) is 5.28. The first kappa shape index (κ1) is 31.0. The van der Waals surface area contributed by atoms with Gasteiger partial charge in [-0.15, -0.1) is 0 Å². The molecule has 9 nitrogen and oxygen atoms in total. The predicted octanol–water partition coefficient (Wildman–Crippen LogP) is 6.77. The quantitative estimate of drug-likeness (QED) is 0.184. The van der Waals surface area contributed by atoms with E-state index in [4.69, 9.17) is 25.8 Å². The topological polar surface area (TPSA) is 89.0 Å². The summed E-state index contributed by atoms with van der Waals surface area (Å²) in [5.74, 6) is 1.33. The maximum absolute atomic E-state index is 14.2. The van der Waals surface area contributed by atoms with Crippen LogP contribution in [0.25, 0.3) is 10.9 Å². The van der Waals surface area contributed by atoms with E-state index in [9.17, 15) is 9.18 Å². The molecule has 1 N–H and O–H groups in total. The number of nitrogens with zero attached hydrogens (tertiary/aromatic N) is 4. The van der Waals surface area contributed by atoms with Crippen LogP contribution in [0.3, 0.4) is 0 Å². The van der Waals surface area contributed by atoms with Crippen LogP contribution in [0.1, 0.15) is 24.8 Å². The van der Waals surface area contributed by atoms with Gasteiger partial charge in [-0.25, -0.2) is 14.4 Å². The van der Waals surface area contributed by atoms with Crippen molar-refractivity contribution in [1.29, 1.82) is 0 Å². The first-order valence-electron chi connectivity index (χ1n) is 14.4. The van der Waals surface area contributed by atoms with Gasteiger partial charge in [0.1, 0.15) is 23.7 Å². The number of hydrogen-bond acceptors (Lipinski definition) is 8. The lowest BCUT2D eigenvalue weighted by Gasteiger charge is -2.26. The Hall–Kier alpha value is -4.41. The van der Waals surface area contributed by atoms with Gasteiger partial charge in [-0.05, 0) is 67.9 Å². The summed E-state index contributed by atoms with van der Waals surface area (Å²) in [4.78, 5) is 26.3. The van der Waals surface area contributed by atoms with E-state index in [2.05, 4.69) is 20.2 Å². The van der Waals surface area contributed by atoms with Gasteiger partial charge in [0.05, 0.1) is 37.6 Å². The summed E-state index contributed by atoms with van der Waals surface area (Å²) in [6.45, 7) is 3.14. The summed E-state index contributed by atoms with van der Waals surface area (Å²) in [5.41, 5.74) is 2.53. The number of anilines is 3. The number of hydrogen-bond donors (Lipinski definition) is 1. The van der Waals surface area contributed by atoms with E-state index in [1.165, 1.54) is 38.8 Å². The third kappa shape index (κ3) is 7.20. The molecule has 1 aliphatic rings. The highest BCUT2D eigenvalue weighted by Gasteiger charge is 2.20. The average Bonchev–Trinajstić information content (AvgIpc) is 3.04. The molecule has 0 aliphatic carbocycles. The van der Waals surface area contributed by atoms with Crippen LogP contribution in [-0.4, -0.2) is 61.7 Å². The average molecular weight is 620 g/mol. The van der Waals surface area contributed by atoms with Crippen LogP contribution in [0, 0.1) is 5.82 Å². The number of amides is 1. The Morgan fingerprint density at radius 3 is 2.48 bits per heavy atom. The summed E-state index contributed by atoms with van der Waals surface area (Å²) in [6, 6.07) is 13.6. The Bertz CT molecular complexity index is 1660. The van der Waals surface area contributed by atoms with Gasteiger partial charge in [0, 0.05) is 36.3 Å². The van der Waals surface area contributed by atoms with Crippen LogP contribution >= 0.6 is 11.6 Å². The van der Waals surface area contributed by atoms with Gasteiger partial charge in [-0.2, -0.15) is 0 Å². The van der Waals surface area contributed by atoms with E-state index in [1.807, 2.05) is 29.2 Å². The zero-order valence-corrected chi connectivity index (χ0v) is 25.7. The monoisotopic (exact) mass is 619 g/mol. The minimum atomic E-state index is -0.530. The van der Waals surface area contributed by atoms with Crippen molar-refractivity contribution in [1.82, 2.24) is 14.9 Å². The summed E-state index contributed by atoms with van der Waals surface area (Å²) in [5, 5.41) is 3.56. The Labute approximate surface area is 261 Å². The Morgan fingerprint density at radius 2 is 1.75 bits per heavy atom. The number of likely N-dealkylation sites (tertiary alicyclic amines) is 1. The first-order chi connectivity index (χ1) is 21.4. The molecule has 5 rings (SSSR count). The molecule has 11 heteroatoms. The predicted molar refractivity (Wildman–Crippen MR) is 171 cm³/mol. The summed E-state index contributed by atoms with van der Waals surface area (Å²) < 4.78 is 30.7. The van der Waals surface area contributed by atoms with Crippen LogP contribution in [0.2, 0.25) is 5.02 Å². The number of nitrogens with one attached hydrogen (secondary N) is 1. The largest absolute Gasteiger partial charge is 0.494 e. The molecule has 1 aliphatic heterocycles. The number of carbonyl (C=O) groups excluding carboxylic acids is 1. The van der Waals surface area contributed by atoms with Crippen molar-refractivity contribution in [2.24, 2.45) is 0 Å². The Morgan fingerprint density at radius 1 is 0.977 bits per heavy atom. The number of halogens is 2. The highest BCUT2D eigenvalue weighted by molar-refractivity contribution is 6.31. The van der Waals surface area contributed by atoms with Crippen molar-refractivity contribution in [3.8, 4) is 17.2 Å². The zero-order valence-electron chi connectivity index (χ0n) is 25.0. The maximum atomic E-state index is 14.2. The van der Waals surface area contributed by atoms with Gasteiger partial charge in [0.2, 0.25) is 5.91 Å². The standard InChI is InChI=1S/C33H35ClFN5O4/c1-42-29-12-9-22(16-31(29)44-3)20-40(23-10-11-26(35)25(34)17-23)33-24-18-28(30(43-2)19-27(24)36-21-37-33)38-32(41)8-7-15-39-13-5-4-6-14-39/h7-12,16-19,21H,4-6,13-15,20H2,1-3H3,(H,38,41). The molecule has 0 unspecified atom stereocenters. The molecule has 2 heterocycles. The molecule has 44 heavy (non-hydrogen) atoms. The van der Waals surface area contributed by atoms with Gasteiger partial charge >= 0.3 is 0 Å². The Balaban J connectivity index is 1.52. The normalized spacial score (nSPS) is 13.7. The van der Waals surface area contributed by atoms with E-state index >= 15 is 0 Å². The fourth-order valence-corrected chi connectivity index (χ4v) is 5.45. The number of carbonyl (C=O) groups is 1. The lowest BCUT2D eigenvalue weighted by atomic mass is 10.1. The van der Waals surface area contributed by atoms with E-state index < -0.39 is 5.82 Å². The van der Waals surface area contributed by atoms with Gasteiger partial charge in [-0.1, -0.05) is 30.2 Å². The van der Waals surface area contributed by atoms with Crippen molar-refractivity contribution < 1.29 is 23.4 Å². The van der Waals surface area contributed by atoms with Gasteiger partial charge < -0.3 is 24.4 Å². The third-order valence-electron chi connectivity index (χ3n) is 7.53. The maximum Gasteiger partial charge on any atom is 0.248 e. The van der Waals surface area contributed by atoms with Crippen LogP contribution in [-0.2, 0) is 11.3 Å². The molecule has 0 saturated carbocycles. The molecule has 0 atom stereocenters. The van der Waals surface area contributed by atoms with Crippen molar-refractivity contribution in [3.63, 3.8) is 0 Å². The van der Waals surface area contributed by atoms with E-state index in [1.54, 1.807) is 44.6 Å². The van der Waals surface area contributed by atoms with Crippen LogP contribution in [0.4, 0.5) is 21.6 Å². The molecule has 0 spiro atoms. The van der Waals surface area contributed by atoms with Gasteiger partial charge in [-0.3, -0.25) is 9.69 Å². The zero-order chi connectivity index (χ0) is 31.1. The van der Waals surface area contributed by atoms with Crippen molar-refractivity contribution in [2.45, 2.75) is 25.8 Å². The third-order valence-corrected chi connectivity index (χ3v) is 7.82. The number of fused-ring (bicyclic) bond motifs is 1. The number of methoxy groups -OCH3 is 3. The second-order valence-corrected chi connectivity index (χ2v) is 10.8.